The molecule has 118 valence electrons. The van der Waals surface area contributed by atoms with E-state index in [1.54, 1.807) is 0 Å². The Balaban J connectivity index is 1.77. The third-order valence-corrected chi connectivity index (χ3v) is 5.92. The Kier molecular flexibility index (Phi) is 3.53. The summed E-state index contributed by atoms with van der Waals surface area (Å²) in [4.78, 5) is 26.7. The van der Waals surface area contributed by atoms with Gasteiger partial charge in [0.25, 0.3) is 0 Å². The van der Waals surface area contributed by atoms with E-state index in [-0.39, 0.29) is 35.9 Å². The third-order valence-electron chi connectivity index (χ3n) is 5.92. The highest BCUT2D eigenvalue weighted by atomic mass is 16.2. The zero-order valence-electron chi connectivity index (χ0n) is 13.7. The zero-order chi connectivity index (χ0) is 15.4. The van der Waals surface area contributed by atoms with Gasteiger partial charge in [0.15, 0.2) is 0 Å². The van der Waals surface area contributed by atoms with E-state index >= 15 is 0 Å². The van der Waals surface area contributed by atoms with Crippen molar-refractivity contribution in [3.63, 3.8) is 0 Å². The minimum absolute atomic E-state index is 0.00969. The van der Waals surface area contributed by atoms with Crippen LogP contribution in [0, 0.1) is 23.2 Å². The molecule has 5 atom stereocenters. The lowest BCUT2D eigenvalue weighted by molar-refractivity contribution is -0.151. The Bertz CT molecular complexity index is 454. The highest BCUT2D eigenvalue weighted by molar-refractivity contribution is 5.95. The van der Waals surface area contributed by atoms with Crippen LogP contribution in [0.3, 0.4) is 0 Å². The maximum atomic E-state index is 12.8. The van der Waals surface area contributed by atoms with Gasteiger partial charge in [0.2, 0.25) is 11.8 Å². The van der Waals surface area contributed by atoms with Gasteiger partial charge in [-0.25, -0.2) is 0 Å². The van der Waals surface area contributed by atoms with Gasteiger partial charge in [-0.3, -0.25) is 9.59 Å². The van der Waals surface area contributed by atoms with Crippen LogP contribution in [0.25, 0.3) is 0 Å². The van der Waals surface area contributed by atoms with Crippen molar-refractivity contribution in [1.29, 1.82) is 0 Å². The largest absolute Gasteiger partial charge is 0.342 e. The molecule has 3 aliphatic rings. The van der Waals surface area contributed by atoms with Crippen molar-refractivity contribution >= 4 is 11.8 Å². The fraction of sp³-hybridized carbons (Fsp3) is 0.882. The van der Waals surface area contributed by atoms with Gasteiger partial charge in [0, 0.05) is 6.04 Å². The fourth-order valence-electron chi connectivity index (χ4n) is 4.71. The normalized spacial score (nSPS) is 37.8. The van der Waals surface area contributed by atoms with Crippen LogP contribution in [0.2, 0.25) is 0 Å². The van der Waals surface area contributed by atoms with Crippen LogP contribution in [0.4, 0.5) is 0 Å². The smallest absolute Gasteiger partial charge is 0.246 e. The van der Waals surface area contributed by atoms with E-state index < -0.39 is 0 Å². The summed E-state index contributed by atoms with van der Waals surface area (Å²) in [6.45, 7) is 8.44. The first kappa shape index (κ1) is 14.9. The number of piperazine rings is 1. The van der Waals surface area contributed by atoms with Gasteiger partial charge in [-0.15, -0.1) is 0 Å². The van der Waals surface area contributed by atoms with Gasteiger partial charge < -0.3 is 10.2 Å². The van der Waals surface area contributed by atoms with Crippen LogP contribution >= 0.6 is 0 Å². The van der Waals surface area contributed by atoms with Gasteiger partial charge in [0.05, 0.1) is 6.54 Å². The number of nitrogens with zero attached hydrogens (tertiary/aromatic N) is 1. The monoisotopic (exact) mass is 292 g/mol. The molecule has 3 rings (SSSR count). The van der Waals surface area contributed by atoms with E-state index in [9.17, 15) is 9.59 Å². The van der Waals surface area contributed by atoms with Crippen LogP contribution in [0.15, 0.2) is 0 Å². The summed E-state index contributed by atoms with van der Waals surface area (Å²) in [7, 11) is 0. The zero-order valence-corrected chi connectivity index (χ0v) is 13.7. The first-order valence-corrected chi connectivity index (χ1v) is 8.37. The lowest BCUT2D eigenvalue weighted by Gasteiger charge is -2.44. The molecule has 1 N–H and O–H groups in total. The Labute approximate surface area is 127 Å². The van der Waals surface area contributed by atoms with E-state index in [1.165, 1.54) is 25.7 Å². The lowest BCUT2D eigenvalue weighted by Crippen LogP contribution is -2.64. The van der Waals surface area contributed by atoms with Crippen molar-refractivity contribution in [2.24, 2.45) is 23.2 Å². The van der Waals surface area contributed by atoms with Crippen LogP contribution in [-0.2, 0) is 9.59 Å². The van der Waals surface area contributed by atoms with Crippen molar-refractivity contribution < 1.29 is 9.59 Å². The molecule has 1 heterocycles. The third kappa shape index (κ3) is 2.58. The summed E-state index contributed by atoms with van der Waals surface area (Å²) in [6, 6.07) is -0.191. The second kappa shape index (κ2) is 4.99. The highest BCUT2D eigenvalue weighted by Crippen LogP contribution is 2.50. The quantitative estimate of drug-likeness (QED) is 0.848. The molecule has 0 aromatic carbocycles. The molecule has 21 heavy (non-hydrogen) atoms. The predicted octanol–water partition coefficient (Wildman–Crippen LogP) is 2.18. The van der Waals surface area contributed by atoms with Crippen molar-refractivity contribution in [2.75, 3.05) is 6.54 Å². The summed E-state index contributed by atoms with van der Waals surface area (Å²) in [5.74, 6) is 2.34. The lowest BCUT2D eigenvalue weighted by atomic mass is 9.81. The summed E-state index contributed by atoms with van der Waals surface area (Å²) in [5, 5.41) is 2.89. The van der Waals surface area contributed by atoms with Gasteiger partial charge in [-0.1, -0.05) is 27.2 Å². The molecule has 1 saturated heterocycles. The molecule has 5 unspecified atom stereocenters. The first-order chi connectivity index (χ1) is 9.77. The van der Waals surface area contributed by atoms with Crippen LogP contribution in [0.5, 0.6) is 0 Å². The number of rotatable bonds is 2. The molecular formula is C17H28N2O2. The van der Waals surface area contributed by atoms with E-state index in [0.29, 0.717) is 5.92 Å². The SMILES string of the molecule is CC(C1CC2CCC1C2)N1CC(=O)NC(C(C)(C)C)C1=O. The average Bonchev–Trinajstić information content (AvgIpc) is 3.01. The number of hydrogen-bond donors (Lipinski definition) is 1. The van der Waals surface area contributed by atoms with Crippen molar-refractivity contribution in [3.8, 4) is 0 Å². The van der Waals surface area contributed by atoms with Gasteiger partial charge in [-0.2, -0.15) is 0 Å². The maximum Gasteiger partial charge on any atom is 0.246 e. The van der Waals surface area contributed by atoms with Gasteiger partial charge in [0.1, 0.15) is 6.04 Å². The van der Waals surface area contributed by atoms with E-state index in [0.717, 1.165) is 11.8 Å². The maximum absolute atomic E-state index is 12.8. The molecule has 2 amide bonds. The van der Waals surface area contributed by atoms with Crippen molar-refractivity contribution in [1.82, 2.24) is 10.2 Å². The minimum atomic E-state index is -0.389. The summed E-state index contributed by atoms with van der Waals surface area (Å²) in [5.41, 5.74) is -0.236. The Morgan fingerprint density at radius 3 is 2.43 bits per heavy atom. The Hall–Kier alpha value is -1.06. The number of carbonyl (C=O) groups excluding carboxylic acids is 2. The Morgan fingerprint density at radius 2 is 1.90 bits per heavy atom. The molecule has 0 aromatic rings. The summed E-state index contributed by atoms with van der Waals surface area (Å²) >= 11 is 0. The molecule has 2 saturated carbocycles. The molecule has 2 bridgehead atoms. The van der Waals surface area contributed by atoms with Crippen molar-refractivity contribution in [3.05, 3.63) is 0 Å². The molecule has 3 fully saturated rings. The number of carbonyl (C=O) groups is 2. The molecule has 0 radical (unpaired) electrons. The molecule has 0 aromatic heterocycles. The highest BCUT2D eigenvalue weighted by Gasteiger charge is 2.47. The number of nitrogens with one attached hydrogen (secondary N) is 1. The second-order valence-electron chi connectivity index (χ2n) is 8.41. The summed E-state index contributed by atoms with van der Waals surface area (Å²) < 4.78 is 0. The molecule has 4 nitrogen and oxygen atoms in total. The van der Waals surface area contributed by atoms with E-state index in [2.05, 4.69) is 12.2 Å². The van der Waals surface area contributed by atoms with Crippen LogP contribution < -0.4 is 5.32 Å². The standard InChI is InChI=1S/C17H28N2O2/c1-10(13-8-11-5-6-12(13)7-11)19-9-14(20)18-15(16(19)21)17(2,3)4/h10-13,15H,5-9H2,1-4H3,(H,18,20). The molecule has 1 aliphatic heterocycles. The number of amides is 2. The van der Waals surface area contributed by atoms with E-state index in [4.69, 9.17) is 0 Å². The second-order valence-corrected chi connectivity index (χ2v) is 8.41. The average molecular weight is 292 g/mol. The fourth-order valence-corrected chi connectivity index (χ4v) is 4.71. The predicted molar refractivity (Wildman–Crippen MR) is 81.5 cm³/mol. The molecular weight excluding hydrogens is 264 g/mol. The number of fused-ring (bicyclic) bond motifs is 2. The van der Waals surface area contributed by atoms with E-state index in [1.807, 2.05) is 25.7 Å². The van der Waals surface area contributed by atoms with Gasteiger partial charge >= 0.3 is 0 Å². The Morgan fingerprint density at radius 1 is 1.19 bits per heavy atom. The van der Waals surface area contributed by atoms with Crippen LogP contribution in [-0.4, -0.2) is 35.3 Å². The number of hydrogen-bond acceptors (Lipinski definition) is 2. The van der Waals surface area contributed by atoms with Gasteiger partial charge in [-0.05, 0) is 49.4 Å². The minimum Gasteiger partial charge on any atom is -0.342 e. The first-order valence-electron chi connectivity index (χ1n) is 8.37. The molecule has 0 spiro atoms. The summed E-state index contributed by atoms with van der Waals surface area (Å²) in [6.07, 6.45) is 5.27. The topological polar surface area (TPSA) is 49.4 Å². The van der Waals surface area contributed by atoms with Crippen molar-refractivity contribution in [2.45, 2.75) is 65.5 Å². The van der Waals surface area contributed by atoms with Crippen LogP contribution in [0.1, 0.15) is 53.4 Å². The molecule has 4 heteroatoms. The molecule has 2 aliphatic carbocycles.